The van der Waals surface area contributed by atoms with E-state index in [2.05, 4.69) is 37.9 Å². The molecule has 4 heteroatoms. The highest BCUT2D eigenvalue weighted by molar-refractivity contribution is 9.10. The average Bonchev–Trinajstić information content (AvgIpc) is 2.07. The number of hydrogen-bond acceptors (Lipinski definition) is 3. The second-order valence-corrected chi connectivity index (χ2v) is 5.44. The van der Waals surface area contributed by atoms with Crippen LogP contribution in [0.4, 0.5) is 0 Å². The quantitative estimate of drug-likeness (QED) is 0.764. The normalized spacial score (nSPS) is 23.5. The van der Waals surface area contributed by atoms with E-state index in [1.54, 1.807) is 0 Å². The van der Waals surface area contributed by atoms with Gasteiger partial charge in [-0.15, -0.1) is 0 Å². The maximum absolute atomic E-state index is 5.25. The van der Waals surface area contributed by atoms with Crippen molar-refractivity contribution in [3.8, 4) is 0 Å². The van der Waals surface area contributed by atoms with Crippen LogP contribution in [0.5, 0.6) is 0 Å². The SMILES string of the molecule is Brc1cc(CN2CC3(COC3)C2)ccn1. The molecule has 2 saturated heterocycles. The molecule has 3 heterocycles. The summed E-state index contributed by atoms with van der Waals surface area (Å²) in [6.45, 7) is 5.33. The molecule has 1 aromatic rings. The van der Waals surface area contributed by atoms with Gasteiger partial charge in [0.1, 0.15) is 4.60 Å². The number of aromatic nitrogens is 1. The van der Waals surface area contributed by atoms with Crippen molar-refractivity contribution in [3.63, 3.8) is 0 Å². The number of ether oxygens (including phenoxy) is 1. The molecule has 2 aliphatic heterocycles. The van der Waals surface area contributed by atoms with Gasteiger partial charge in [0.05, 0.1) is 13.2 Å². The number of pyridine rings is 1. The van der Waals surface area contributed by atoms with E-state index in [-0.39, 0.29) is 0 Å². The minimum absolute atomic E-state index is 0.518. The van der Waals surface area contributed by atoms with Crippen LogP contribution in [0.2, 0.25) is 0 Å². The first kappa shape index (κ1) is 9.75. The molecule has 3 nitrogen and oxygen atoms in total. The minimum Gasteiger partial charge on any atom is -0.380 e. The van der Waals surface area contributed by atoms with Crippen molar-refractivity contribution in [1.29, 1.82) is 0 Å². The number of hydrogen-bond donors (Lipinski definition) is 0. The molecule has 3 rings (SSSR count). The summed E-state index contributed by atoms with van der Waals surface area (Å²) in [7, 11) is 0. The maximum atomic E-state index is 5.25. The van der Waals surface area contributed by atoms with Crippen molar-refractivity contribution in [2.75, 3.05) is 26.3 Å². The lowest BCUT2D eigenvalue weighted by Gasteiger charge is -2.55. The van der Waals surface area contributed by atoms with E-state index in [4.69, 9.17) is 4.74 Å². The van der Waals surface area contributed by atoms with Crippen LogP contribution >= 0.6 is 15.9 Å². The molecule has 0 atom stereocenters. The first-order valence-corrected chi connectivity index (χ1v) is 5.96. The van der Waals surface area contributed by atoms with E-state index in [0.717, 1.165) is 24.4 Å². The number of nitrogens with zero attached hydrogens (tertiary/aromatic N) is 2. The van der Waals surface area contributed by atoms with Crippen LogP contribution in [0, 0.1) is 5.41 Å². The highest BCUT2D eigenvalue weighted by Crippen LogP contribution is 2.38. The summed E-state index contributed by atoms with van der Waals surface area (Å²) in [4.78, 5) is 6.59. The summed E-state index contributed by atoms with van der Waals surface area (Å²) in [6.07, 6.45) is 1.85. The molecule has 2 fully saturated rings. The van der Waals surface area contributed by atoms with Gasteiger partial charge in [0.2, 0.25) is 0 Å². The van der Waals surface area contributed by atoms with Gasteiger partial charge >= 0.3 is 0 Å². The summed E-state index contributed by atoms with van der Waals surface area (Å²) < 4.78 is 6.17. The van der Waals surface area contributed by atoms with Crippen molar-refractivity contribution in [3.05, 3.63) is 28.5 Å². The third-order valence-corrected chi connectivity index (χ3v) is 3.57. The van der Waals surface area contributed by atoms with Crippen molar-refractivity contribution in [2.45, 2.75) is 6.54 Å². The molecule has 0 aliphatic carbocycles. The van der Waals surface area contributed by atoms with E-state index in [0.29, 0.717) is 5.41 Å². The molecule has 0 saturated carbocycles. The van der Waals surface area contributed by atoms with Gasteiger partial charge in [-0.05, 0) is 33.6 Å². The summed E-state index contributed by atoms with van der Waals surface area (Å²) in [5, 5.41) is 0. The van der Waals surface area contributed by atoms with E-state index in [1.165, 1.54) is 18.7 Å². The largest absolute Gasteiger partial charge is 0.380 e. The number of rotatable bonds is 2. The van der Waals surface area contributed by atoms with Crippen molar-refractivity contribution in [1.82, 2.24) is 9.88 Å². The van der Waals surface area contributed by atoms with Gasteiger partial charge in [-0.25, -0.2) is 4.98 Å². The Morgan fingerprint density at radius 2 is 2.27 bits per heavy atom. The molecule has 0 unspecified atom stereocenters. The third-order valence-electron chi connectivity index (χ3n) is 3.13. The summed E-state index contributed by atoms with van der Waals surface area (Å²) in [6, 6.07) is 4.16. The number of halogens is 1. The fraction of sp³-hybridized carbons (Fsp3) is 0.545. The van der Waals surface area contributed by atoms with E-state index in [1.807, 2.05) is 6.20 Å². The molecular formula is C11H13BrN2O. The van der Waals surface area contributed by atoms with Crippen molar-refractivity contribution in [2.24, 2.45) is 5.41 Å². The monoisotopic (exact) mass is 268 g/mol. The molecule has 0 bridgehead atoms. The Kier molecular flexibility index (Phi) is 2.30. The van der Waals surface area contributed by atoms with E-state index >= 15 is 0 Å². The van der Waals surface area contributed by atoms with Crippen LogP contribution in [0.1, 0.15) is 5.56 Å². The molecule has 15 heavy (non-hydrogen) atoms. The third kappa shape index (κ3) is 1.82. The van der Waals surface area contributed by atoms with Crippen molar-refractivity contribution < 1.29 is 4.74 Å². The average molecular weight is 269 g/mol. The van der Waals surface area contributed by atoms with Crippen LogP contribution in [-0.2, 0) is 11.3 Å². The summed E-state index contributed by atoms with van der Waals surface area (Å²) in [5.74, 6) is 0. The topological polar surface area (TPSA) is 25.4 Å². The zero-order chi connectivity index (χ0) is 10.3. The standard InChI is InChI=1S/C11H13BrN2O/c12-10-3-9(1-2-13-10)4-14-5-11(6-14)7-15-8-11/h1-3H,4-8H2. The second kappa shape index (κ2) is 3.54. The predicted octanol–water partition coefficient (Wildman–Crippen LogP) is 1.68. The van der Waals surface area contributed by atoms with Crippen LogP contribution in [-0.4, -0.2) is 36.2 Å². The summed E-state index contributed by atoms with van der Waals surface area (Å²) >= 11 is 3.39. The van der Waals surface area contributed by atoms with Crippen LogP contribution in [0.3, 0.4) is 0 Å². The second-order valence-electron chi connectivity index (χ2n) is 4.62. The highest BCUT2D eigenvalue weighted by atomic mass is 79.9. The van der Waals surface area contributed by atoms with Gasteiger partial charge in [-0.2, -0.15) is 0 Å². The van der Waals surface area contributed by atoms with Gasteiger partial charge in [0.15, 0.2) is 0 Å². The first-order chi connectivity index (χ1) is 7.26. The Balaban J connectivity index is 1.58. The lowest BCUT2D eigenvalue weighted by atomic mass is 9.78. The van der Waals surface area contributed by atoms with E-state index in [9.17, 15) is 0 Å². The molecule has 2 aliphatic rings. The lowest BCUT2D eigenvalue weighted by molar-refractivity contribution is -0.191. The van der Waals surface area contributed by atoms with Crippen LogP contribution in [0.15, 0.2) is 22.9 Å². The Hall–Kier alpha value is -0.450. The Bertz CT molecular complexity index is 371. The van der Waals surface area contributed by atoms with Gasteiger partial charge in [0.25, 0.3) is 0 Å². The molecular weight excluding hydrogens is 256 g/mol. The molecule has 1 aromatic heterocycles. The molecule has 1 spiro atoms. The first-order valence-electron chi connectivity index (χ1n) is 5.16. The Morgan fingerprint density at radius 1 is 1.47 bits per heavy atom. The van der Waals surface area contributed by atoms with Crippen LogP contribution < -0.4 is 0 Å². The highest BCUT2D eigenvalue weighted by Gasteiger charge is 2.48. The fourth-order valence-electron chi connectivity index (χ4n) is 2.39. The fourth-order valence-corrected chi connectivity index (χ4v) is 2.80. The Morgan fingerprint density at radius 3 is 2.87 bits per heavy atom. The predicted molar refractivity (Wildman–Crippen MR) is 60.5 cm³/mol. The smallest absolute Gasteiger partial charge is 0.106 e. The lowest BCUT2D eigenvalue weighted by Crippen LogP contribution is -2.65. The Labute approximate surface area is 97.6 Å². The van der Waals surface area contributed by atoms with E-state index < -0.39 is 0 Å². The van der Waals surface area contributed by atoms with Crippen molar-refractivity contribution >= 4 is 15.9 Å². The van der Waals surface area contributed by atoms with Crippen LogP contribution in [0.25, 0.3) is 0 Å². The molecule has 0 aromatic carbocycles. The minimum atomic E-state index is 0.518. The molecule has 0 amide bonds. The summed E-state index contributed by atoms with van der Waals surface area (Å²) in [5.41, 5.74) is 1.84. The molecule has 80 valence electrons. The van der Waals surface area contributed by atoms with Gasteiger partial charge in [-0.1, -0.05) is 0 Å². The van der Waals surface area contributed by atoms with Gasteiger partial charge < -0.3 is 4.74 Å². The maximum Gasteiger partial charge on any atom is 0.106 e. The number of likely N-dealkylation sites (tertiary alicyclic amines) is 1. The zero-order valence-corrected chi connectivity index (χ0v) is 10.0. The molecule has 0 N–H and O–H groups in total. The zero-order valence-electron chi connectivity index (χ0n) is 8.45. The van der Waals surface area contributed by atoms with Gasteiger partial charge in [0, 0.05) is 31.2 Å². The molecule has 0 radical (unpaired) electrons. The van der Waals surface area contributed by atoms with Gasteiger partial charge in [-0.3, -0.25) is 4.90 Å².